The molecule has 0 saturated heterocycles. The topological polar surface area (TPSA) is 90.5 Å². The lowest BCUT2D eigenvalue weighted by atomic mass is 10.0. The molecule has 0 aliphatic rings. The average molecular weight is 484 g/mol. The number of ether oxygens (including phenoxy) is 3. The maximum Gasteiger partial charge on any atom is 0.433 e. The number of hydrogen-bond donors (Lipinski definition) is 1. The third-order valence-corrected chi connectivity index (χ3v) is 4.95. The number of carbonyl (C=O) groups is 1. The Balaban J connectivity index is 2.35. The largest absolute Gasteiger partial charge is 0.490 e. The molecule has 1 aromatic carbocycles. The number of methoxy groups -OCH3 is 2. The van der Waals surface area contributed by atoms with Crippen LogP contribution < -0.4 is 14.9 Å². The SMILES string of the molecule is COC(=O)c1c(-c2cc(C(F)(F)F)ncc2Oc2ccc(F)c(F)c2OC)[nH]c(C)c(C)c1=O. The van der Waals surface area contributed by atoms with E-state index in [1.807, 2.05) is 0 Å². The van der Waals surface area contributed by atoms with Crippen molar-refractivity contribution in [3.8, 4) is 28.5 Å². The molecule has 1 N–H and O–H groups in total. The molecule has 3 aromatic rings. The second-order valence-corrected chi connectivity index (χ2v) is 7.00. The fraction of sp³-hybridized carbons (Fsp3) is 0.227. The number of aromatic nitrogens is 2. The van der Waals surface area contributed by atoms with Gasteiger partial charge in [0.25, 0.3) is 0 Å². The van der Waals surface area contributed by atoms with Crippen molar-refractivity contribution in [3.05, 3.63) is 68.8 Å². The van der Waals surface area contributed by atoms with Crippen LogP contribution in [0.2, 0.25) is 0 Å². The summed E-state index contributed by atoms with van der Waals surface area (Å²) in [5.41, 5.74) is -3.07. The molecule has 0 saturated carbocycles. The molecule has 0 atom stereocenters. The van der Waals surface area contributed by atoms with Gasteiger partial charge in [-0.05, 0) is 32.0 Å². The Labute approximate surface area is 189 Å². The minimum Gasteiger partial charge on any atom is -0.490 e. The van der Waals surface area contributed by atoms with Crippen LogP contribution in [0.1, 0.15) is 27.3 Å². The number of carbonyl (C=O) groups excluding carboxylic acids is 1. The number of hydrogen-bond acceptors (Lipinski definition) is 6. The predicted octanol–water partition coefficient (Wildman–Crippen LogP) is 4.94. The Morgan fingerprint density at radius 1 is 1.09 bits per heavy atom. The molecule has 2 heterocycles. The smallest absolute Gasteiger partial charge is 0.433 e. The summed E-state index contributed by atoms with van der Waals surface area (Å²) in [4.78, 5) is 31.2. The quantitative estimate of drug-likeness (QED) is 0.408. The molecule has 0 amide bonds. The van der Waals surface area contributed by atoms with Gasteiger partial charge in [-0.3, -0.25) is 4.79 Å². The van der Waals surface area contributed by atoms with E-state index >= 15 is 0 Å². The van der Waals surface area contributed by atoms with E-state index in [0.29, 0.717) is 12.3 Å². The number of H-pyrrole nitrogens is 1. The number of rotatable bonds is 5. The molecule has 7 nitrogen and oxygen atoms in total. The summed E-state index contributed by atoms with van der Waals surface area (Å²) in [5, 5.41) is 0. The van der Waals surface area contributed by atoms with E-state index in [1.54, 1.807) is 0 Å². The second kappa shape index (κ2) is 9.12. The summed E-state index contributed by atoms with van der Waals surface area (Å²) >= 11 is 0. The summed E-state index contributed by atoms with van der Waals surface area (Å²) in [6.07, 6.45) is -4.22. The van der Waals surface area contributed by atoms with Crippen LogP contribution in [-0.4, -0.2) is 30.2 Å². The molecule has 34 heavy (non-hydrogen) atoms. The number of pyridine rings is 2. The maximum absolute atomic E-state index is 14.1. The summed E-state index contributed by atoms with van der Waals surface area (Å²) in [6.45, 7) is 2.90. The third kappa shape index (κ3) is 4.43. The monoisotopic (exact) mass is 484 g/mol. The van der Waals surface area contributed by atoms with Gasteiger partial charge < -0.3 is 19.2 Å². The molecule has 12 heteroatoms. The number of esters is 1. The number of nitrogens with one attached hydrogen (secondary N) is 1. The van der Waals surface area contributed by atoms with Crippen LogP contribution in [0.5, 0.6) is 17.2 Å². The zero-order valence-corrected chi connectivity index (χ0v) is 18.2. The third-order valence-electron chi connectivity index (χ3n) is 4.95. The van der Waals surface area contributed by atoms with Crippen LogP contribution >= 0.6 is 0 Å². The van der Waals surface area contributed by atoms with E-state index in [9.17, 15) is 31.5 Å². The van der Waals surface area contributed by atoms with Crippen LogP contribution in [0, 0.1) is 25.5 Å². The zero-order valence-electron chi connectivity index (χ0n) is 18.2. The molecule has 0 radical (unpaired) electrons. The Kier molecular flexibility index (Phi) is 6.62. The number of nitrogens with zero attached hydrogens (tertiary/aromatic N) is 1. The number of aryl methyl sites for hydroxylation is 1. The van der Waals surface area contributed by atoms with Crippen molar-refractivity contribution in [2.24, 2.45) is 0 Å². The average Bonchev–Trinajstić information content (AvgIpc) is 2.79. The normalized spacial score (nSPS) is 11.3. The Hall–Kier alpha value is -3.96. The van der Waals surface area contributed by atoms with Crippen LogP contribution in [0.4, 0.5) is 22.0 Å². The highest BCUT2D eigenvalue weighted by atomic mass is 19.4. The first kappa shape index (κ1) is 24.7. The lowest BCUT2D eigenvalue weighted by Gasteiger charge is -2.18. The fourth-order valence-electron chi connectivity index (χ4n) is 3.09. The summed E-state index contributed by atoms with van der Waals surface area (Å²) in [6, 6.07) is 2.26. The highest BCUT2D eigenvalue weighted by Crippen LogP contribution is 2.41. The standard InChI is InChI=1S/C22H17F5N2O5/c1-9-10(2)29-18(16(19(9)30)21(31)33-4)11-7-15(22(25,26)27)28-8-14(11)34-13-6-5-12(23)17(24)20(13)32-3/h5-8H,1-4H3,(H,29,30). The molecule has 180 valence electrons. The van der Waals surface area contributed by atoms with Crippen molar-refractivity contribution in [1.82, 2.24) is 9.97 Å². The van der Waals surface area contributed by atoms with Crippen LogP contribution in [0.25, 0.3) is 11.3 Å². The molecule has 0 aliphatic heterocycles. The lowest BCUT2D eigenvalue weighted by Crippen LogP contribution is -2.22. The van der Waals surface area contributed by atoms with Gasteiger partial charge in [0.05, 0.1) is 26.1 Å². The summed E-state index contributed by atoms with van der Waals surface area (Å²) < 4.78 is 83.0. The number of aromatic amines is 1. The first-order valence-corrected chi connectivity index (χ1v) is 9.49. The molecule has 3 rings (SSSR count). The first-order valence-electron chi connectivity index (χ1n) is 9.49. The van der Waals surface area contributed by atoms with E-state index < -0.39 is 63.3 Å². The molecule has 0 bridgehead atoms. The van der Waals surface area contributed by atoms with Gasteiger partial charge in [0.1, 0.15) is 11.3 Å². The number of halogens is 5. The van der Waals surface area contributed by atoms with Crippen LogP contribution in [0.3, 0.4) is 0 Å². The van der Waals surface area contributed by atoms with Gasteiger partial charge >= 0.3 is 12.1 Å². The lowest BCUT2D eigenvalue weighted by molar-refractivity contribution is -0.141. The van der Waals surface area contributed by atoms with Gasteiger partial charge in [-0.2, -0.15) is 17.6 Å². The van der Waals surface area contributed by atoms with Gasteiger partial charge in [-0.25, -0.2) is 14.2 Å². The molecule has 0 fully saturated rings. The summed E-state index contributed by atoms with van der Waals surface area (Å²) in [7, 11) is 2.03. The van der Waals surface area contributed by atoms with E-state index in [1.165, 1.54) is 13.8 Å². The second-order valence-electron chi connectivity index (χ2n) is 7.00. The van der Waals surface area contributed by atoms with Crippen molar-refractivity contribution in [2.75, 3.05) is 14.2 Å². The molecule has 0 spiro atoms. The molecular formula is C22H17F5N2O5. The van der Waals surface area contributed by atoms with E-state index in [4.69, 9.17) is 9.47 Å². The maximum atomic E-state index is 14.1. The Morgan fingerprint density at radius 3 is 2.35 bits per heavy atom. The van der Waals surface area contributed by atoms with Gasteiger partial charge in [-0.1, -0.05) is 0 Å². The fourth-order valence-corrected chi connectivity index (χ4v) is 3.09. The van der Waals surface area contributed by atoms with Gasteiger partial charge in [-0.15, -0.1) is 0 Å². The van der Waals surface area contributed by atoms with Crippen molar-refractivity contribution in [3.63, 3.8) is 0 Å². The van der Waals surface area contributed by atoms with E-state index in [-0.39, 0.29) is 17.0 Å². The van der Waals surface area contributed by atoms with Crippen molar-refractivity contribution in [1.29, 1.82) is 0 Å². The Morgan fingerprint density at radius 2 is 1.76 bits per heavy atom. The molecular weight excluding hydrogens is 467 g/mol. The summed E-state index contributed by atoms with van der Waals surface area (Å²) in [5.74, 6) is -5.22. The minimum absolute atomic E-state index is 0.138. The van der Waals surface area contributed by atoms with Crippen molar-refractivity contribution < 1.29 is 41.0 Å². The van der Waals surface area contributed by atoms with Gasteiger partial charge in [0.2, 0.25) is 11.6 Å². The van der Waals surface area contributed by atoms with E-state index in [0.717, 1.165) is 26.4 Å². The van der Waals surface area contributed by atoms with Crippen LogP contribution in [0.15, 0.2) is 29.2 Å². The molecule has 2 aromatic heterocycles. The van der Waals surface area contributed by atoms with Crippen molar-refractivity contribution in [2.45, 2.75) is 20.0 Å². The first-order chi connectivity index (χ1) is 15.9. The van der Waals surface area contributed by atoms with Gasteiger partial charge in [0.15, 0.2) is 22.7 Å². The van der Waals surface area contributed by atoms with Crippen LogP contribution in [-0.2, 0) is 10.9 Å². The van der Waals surface area contributed by atoms with E-state index in [2.05, 4.69) is 14.7 Å². The Bertz CT molecular complexity index is 1330. The minimum atomic E-state index is -4.89. The molecule has 0 aliphatic carbocycles. The molecule has 0 unspecified atom stereocenters. The zero-order chi connectivity index (χ0) is 25.4. The van der Waals surface area contributed by atoms with Crippen molar-refractivity contribution >= 4 is 5.97 Å². The highest BCUT2D eigenvalue weighted by molar-refractivity contribution is 5.97. The number of alkyl halides is 3. The highest BCUT2D eigenvalue weighted by Gasteiger charge is 2.35. The van der Waals surface area contributed by atoms with Gasteiger partial charge in [0, 0.05) is 16.8 Å². The number of benzene rings is 1. The predicted molar refractivity (Wildman–Crippen MR) is 109 cm³/mol.